The van der Waals surface area contributed by atoms with E-state index in [1.807, 2.05) is 0 Å². The summed E-state index contributed by atoms with van der Waals surface area (Å²) in [6.07, 6.45) is 1.34. The number of rotatable bonds is 6. The maximum atomic E-state index is 12.3. The molecule has 0 atom stereocenters. The molecular weight excluding hydrogens is 429 g/mol. The van der Waals surface area contributed by atoms with E-state index in [0.717, 1.165) is 12.8 Å². The van der Waals surface area contributed by atoms with Gasteiger partial charge >= 0.3 is 6.09 Å². The summed E-state index contributed by atoms with van der Waals surface area (Å²) in [5, 5.41) is 6.27. The number of alkyl carbamates (subject to hydrolysis) is 1. The van der Waals surface area contributed by atoms with Crippen LogP contribution in [-0.4, -0.2) is 54.6 Å². The third kappa shape index (κ3) is 8.03. The molecule has 7 nitrogen and oxygen atoms in total. The number of nitrogens with one attached hydrogen (secondary N) is 2. The minimum atomic E-state index is -0.564. The molecule has 1 heterocycles. The molecule has 2 rings (SSSR count). The van der Waals surface area contributed by atoms with Crippen LogP contribution < -0.4 is 10.6 Å². The number of nitrogens with zero attached hydrogens (tertiary/aromatic N) is 1. The molecule has 3 amide bonds. The van der Waals surface area contributed by atoms with Crippen LogP contribution in [0.15, 0.2) is 18.2 Å². The zero-order valence-electron chi connectivity index (χ0n) is 17.6. The molecule has 0 bridgehead atoms. The van der Waals surface area contributed by atoms with Crippen molar-refractivity contribution in [3.05, 3.63) is 33.8 Å². The smallest absolute Gasteiger partial charge is 0.407 e. The molecule has 1 aliphatic heterocycles. The van der Waals surface area contributed by atoms with Gasteiger partial charge in [-0.05, 0) is 57.7 Å². The molecule has 1 fully saturated rings. The second-order valence-corrected chi connectivity index (χ2v) is 9.16. The van der Waals surface area contributed by atoms with Crippen LogP contribution in [0.25, 0.3) is 0 Å². The van der Waals surface area contributed by atoms with Gasteiger partial charge in [0.05, 0.1) is 10.0 Å². The first-order chi connectivity index (χ1) is 14.0. The van der Waals surface area contributed by atoms with E-state index < -0.39 is 11.7 Å². The Morgan fingerprint density at radius 3 is 2.37 bits per heavy atom. The Labute approximate surface area is 187 Å². The summed E-state index contributed by atoms with van der Waals surface area (Å²) in [6, 6.07) is 4.78. The van der Waals surface area contributed by atoms with Crippen LogP contribution >= 0.6 is 23.2 Å². The minimum absolute atomic E-state index is 0.00403. The Bertz CT molecular complexity index is 772. The number of piperidine rings is 1. The Morgan fingerprint density at radius 2 is 1.77 bits per heavy atom. The summed E-state index contributed by atoms with van der Waals surface area (Å²) in [4.78, 5) is 38.0. The van der Waals surface area contributed by atoms with Crippen LogP contribution in [-0.2, 0) is 9.53 Å². The molecule has 0 aromatic heterocycles. The molecule has 0 aliphatic carbocycles. The molecule has 0 unspecified atom stereocenters. The first-order valence-corrected chi connectivity index (χ1v) is 10.8. The van der Waals surface area contributed by atoms with E-state index in [-0.39, 0.29) is 24.8 Å². The first-order valence-electron chi connectivity index (χ1n) is 10.0. The van der Waals surface area contributed by atoms with Crippen molar-refractivity contribution in [3.8, 4) is 0 Å². The third-order valence-electron chi connectivity index (χ3n) is 4.71. The van der Waals surface area contributed by atoms with Crippen LogP contribution in [0.1, 0.15) is 50.4 Å². The fourth-order valence-corrected chi connectivity index (χ4v) is 3.40. The highest BCUT2D eigenvalue weighted by atomic mass is 35.5. The largest absolute Gasteiger partial charge is 0.444 e. The maximum absolute atomic E-state index is 12.3. The SMILES string of the molecule is CC(C)(C)OC(=O)NCCC(=O)N1CCC(CNC(=O)c2ccc(Cl)c(Cl)c2)CC1. The van der Waals surface area contributed by atoms with Crippen molar-refractivity contribution in [3.63, 3.8) is 0 Å². The van der Waals surface area contributed by atoms with E-state index in [1.165, 1.54) is 0 Å². The number of carbonyl (C=O) groups excluding carboxylic acids is 3. The monoisotopic (exact) mass is 457 g/mol. The quantitative estimate of drug-likeness (QED) is 0.678. The molecule has 0 radical (unpaired) electrons. The molecule has 1 aromatic carbocycles. The van der Waals surface area contributed by atoms with Gasteiger partial charge in [-0.15, -0.1) is 0 Å². The normalized spacial score (nSPS) is 14.9. The number of hydrogen-bond donors (Lipinski definition) is 2. The second-order valence-electron chi connectivity index (χ2n) is 8.34. The molecule has 0 saturated carbocycles. The fourth-order valence-electron chi connectivity index (χ4n) is 3.11. The van der Waals surface area contributed by atoms with Crippen molar-refractivity contribution in [1.29, 1.82) is 0 Å². The van der Waals surface area contributed by atoms with E-state index >= 15 is 0 Å². The van der Waals surface area contributed by atoms with E-state index in [0.29, 0.717) is 41.2 Å². The van der Waals surface area contributed by atoms with Crippen molar-refractivity contribution >= 4 is 41.1 Å². The number of carbonyl (C=O) groups is 3. The zero-order chi connectivity index (χ0) is 22.3. The lowest BCUT2D eigenvalue weighted by Crippen LogP contribution is -2.42. The summed E-state index contributed by atoms with van der Waals surface area (Å²) in [7, 11) is 0. The highest BCUT2D eigenvalue weighted by Gasteiger charge is 2.23. The first kappa shape index (κ1) is 24.3. The Balaban J connectivity index is 1.66. The van der Waals surface area contributed by atoms with Gasteiger partial charge < -0.3 is 20.3 Å². The molecule has 1 aliphatic rings. The van der Waals surface area contributed by atoms with Gasteiger partial charge in [0, 0.05) is 38.2 Å². The number of benzene rings is 1. The topological polar surface area (TPSA) is 87.7 Å². The molecule has 9 heteroatoms. The molecule has 30 heavy (non-hydrogen) atoms. The van der Waals surface area contributed by atoms with Gasteiger partial charge in [0.15, 0.2) is 0 Å². The van der Waals surface area contributed by atoms with Crippen LogP contribution in [0.2, 0.25) is 10.0 Å². The van der Waals surface area contributed by atoms with Crippen molar-refractivity contribution in [2.45, 2.75) is 45.6 Å². The van der Waals surface area contributed by atoms with Crippen molar-refractivity contribution in [2.75, 3.05) is 26.2 Å². The van der Waals surface area contributed by atoms with Crippen molar-refractivity contribution in [2.24, 2.45) is 5.92 Å². The van der Waals surface area contributed by atoms with Crippen LogP contribution in [0.5, 0.6) is 0 Å². The second kappa shape index (κ2) is 10.9. The molecule has 0 spiro atoms. The minimum Gasteiger partial charge on any atom is -0.444 e. The summed E-state index contributed by atoms with van der Waals surface area (Å²) in [5.41, 5.74) is -0.0971. The Morgan fingerprint density at radius 1 is 1.10 bits per heavy atom. The lowest BCUT2D eigenvalue weighted by Gasteiger charge is -2.32. The number of ether oxygens (including phenoxy) is 1. The molecule has 1 saturated heterocycles. The van der Waals surface area contributed by atoms with Gasteiger partial charge in [-0.2, -0.15) is 0 Å². The molecule has 166 valence electrons. The zero-order valence-corrected chi connectivity index (χ0v) is 19.1. The molecular formula is C21H29Cl2N3O4. The highest BCUT2D eigenvalue weighted by Crippen LogP contribution is 2.23. The molecule has 2 N–H and O–H groups in total. The van der Waals surface area contributed by atoms with Crippen molar-refractivity contribution in [1.82, 2.24) is 15.5 Å². The lowest BCUT2D eigenvalue weighted by molar-refractivity contribution is -0.132. The van der Waals surface area contributed by atoms with E-state index in [9.17, 15) is 14.4 Å². The molecule has 1 aromatic rings. The summed E-state index contributed by atoms with van der Waals surface area (Å²) < 4.78 is 5.15. The predicted molar refractivity (Wildman–Crippen MR) is 117 cm³/mol. The maximum Gasteiger partial charge on any atom is 0.407 e. The van der Waals surface area contributed by atoms with Gasteiger partial charge in [-0.3, -0.25) is 9.59 Å². The van der Waals surface area contributed by atoms with Crippen LogP contribution in [0.3, 0.4) is 0 Å². The highest BCUT2D eigenvalue weighted by molar-refractivity contribution is 6.42. The Kier molecular flexibility index (Phi) is 8.79. The number of hydrogen-bond acceptors (Lipinski definition) is 4. The van der Waals surface area contributed by atoms with Gasteiger partial charge in [0.2, 0.25) is 5.91 Å². The number of halogens is 2. The summed E-state index contributed by atoms with van der Waals surface area (Å²) in [5.74, 6) is 0.116. The van der Waals surface area contributed by atoms with Gasteiger partial charge in [0.25, 0.3) is 5.91 Å². The van der Waals surface area contributed by atoms with Crippen LogP contribution in [0.4, 0.5) is 4.79 Å². The van der Waals surface area contributed by atoms with Crippen LogP contribution in [0, 0.1) is 5.92 Å². The average molecular weight is 458 g/mol. The Hall–Kier alpha value is -1.99. The van der Waals surface area contributed by atoms with Gasteiger partial charge in [-0.25, -0.2) is 4.79 Å². The van der Waals surface area contributed by atoms with E-state index in [2.05, 4.69) is 10.6 Å². The third-order valence-corrected chi connectivity index (χ3v) is 5.45. The number of amides is 3. The van der Waals surface area contributed by atoms with Crippen molar-refractivity contribution < 1.29 is 19.1 Å². The number of likely N-dealkylation sites (tertiary alicyclic amines) is 1. The summed E-state index contributed by atoms with van der Waals surface area (Å²) >= 11 is 11.8. The standard InChI is InChI=1S/C21H29Cl2N3O4/c1-21(2,3)30-20(29)24-9-6-18(27)26-10-7-14(8-11-26)13-25-19(28)15-4-5-16(22)17(23)12-15/h4-5,12,14H,6-11,13H2,1-3H3,(H,24,29)(H,25,28). The van der Waals surface area contributed by atoms with Gasteiger partial charge in [0.1, 0.15) is 5.60 Å². The van der Waals surface area contributed by atoms with E-state index in [1.54, 1.807) is 43.9 Å². The predicted octanol–water partition coefficient (Wildman–Crippen LogP) is 3.88. The van der Waals surface area contributed by atoms with E-state index in [4.69, 9.17) is 27.9 Å². The summed E-state index contributed by atoms with van der Waals surface area (Å²) in [6.45, 7) is 7.42. The lowest BCUT2D eigenvalue weighted by atomic mass is 9.96. The average Bonchev–Trinajstić information content (AvgIpc) is 2.67. The van der Waals surface area contributed by atoms with Gasteiger partial charge in [-0.1, -0.05) is 23.2 Å². The fraction of sp³-hybridized carbons (Fsp3) is 0.571.